The largest absolute Gasteiger partial charge is 0.421 e. The highest BCUT2D eigenvalue weighted by molar-refractivity contribution is 7.90. The van der Waals surface area contributed by atoms with Crippen LogP contribution in [0.3, 0.4) is 0 Å². The van der Waals surface area contributed by atoms with Crippen molar-refractivity contribution in [3.8, 4) is 0 Å². The second kappa shape index (κ2) is 12.6. The van der Waals surface area contributed by atoms with E-state index >= 15 is 0 Å². The zero-order chi connectivity index (χ0) is 30.9. The second-order valence-corrected chi connectivity index (χ2v) is 14.9. The molecule has 3 atom stereocenters. The number of thiol groups is 1. The van der Waals surface area contributed by atoms with Crippen molar-refractivity contribution in [2.24, 2.45) is 0 Å². The lowest BCUT2D eigenvalue weighted by Crippen LogP contribution is -2.61. The molecule has 2 aliphatic heterocycles. The number of hydrogen-bond acceptors (Lipinski definition) is 9. The number of aliphatic hydroxyl groups is 1. The van der Waals surface area contributed by atoms with E-state index in [1.807, 2.05) is 9.80 Å². The van der Waals surface area contributed by atoms with Gasteiger partial charge < -0.3 is 14.7 Å². The van der Waals surface area contributed by atoms with Crippen LogP contribution in [0.25, 0.3) is 0 Å². The molecule has 2 aromatic rings. The number of anilines is 1. The summed E-state index contributed by atoms with van der Waals surface area (Å²) < 4.78 is 100. The molecule has 0 radical (unpaired) electrons. The van der Waals surface area contributed by atoms with E-state index in [1.165, 1.54) is 34.6 Å². The van der Waals surface area contributed by atoms with E-state index in [0.29, 0.717) is 37.2 Å². The Morgan fingerprint density at radius 2 is 1.69 bits per heavy atom. The molecule has 0 unspecified atom stereocenters. The van der Waals surface area contributed by atoms with Gasteiger partial charge in [0, 0.05) is 55.9 Å². The summed E-state index contributed by atoms with van der Waals surface area (Å²) in [6.45, 7) is 2.68. The van der Waals surface area contributed by atoms with E-state index in [2.05, 4.69) is 17.4 Å². The van der Waals surface area contributed by atoms with E-state index in [1.54, 1.807) is 18.2 Å². The summed E-state index contributed by atoms with van der Waals surface area (Å²) in [6, 6.07) is 11.0. The summed E-state index contributed by atoms with van der Waals surface area (Å²) in [5, 5.41) is 10.1. The molecule has 0 aromatic heterocycles. The standard InChI is InChI=1S/C26H35F3N4O6S3/c1-25(34,26(27,28)29)19-7-9-20(10-8-19)33-12-11-32(42(37,38)24-6-4-3-5-23(24)40)17-22(33)16-31-13-14-39-18-21(31)15-30-41(2,35)36/h3-10,21-22,30,34,40H,11-18H2,1-2H3/t21-,22-,25-/m0/s1. The third-order valence-electron chi connectivity index (χ3n) is 7.62. The first-order valence-electron chi connectivity index (χ1n) is 13.2. The Morgan fingerprint density at radius 3 is 2.31 bits per heavy atom. The Hall–Kier alpha value is -1.92. The predicted octanol–water partition coefficient (Wildman–Crippen LogP) is 1.87. The number of benzene rings is 2. The van der Waals surface area contributed by atoms with Crippen LogP contribution in [0.4, 0.5) is 18.9 Å². The number of ether oxygens (including phenoxy) is 1. The first-order chi connectivity index (χ1) is 19.5. The van der Waals surface area contributed by atoms with Gasteiger partial charge in [0.2, 0.25) is 20.0 Å². The minimum Gasteiger partial charge on any atom is -0.378 e. The average Bonchev–Trinajstić information content (AvgIpc) is 2.92. The highest BCUT2D eigenvalue weighted by Crippen LogP contribution is 2.39. The summed E-state index contributed by atoms with van der Waals surface area (Å²) >= 11 is 4.33. The highest BCUT2D eigenvalue weighted by Gasteiger charge is 2.51. The van der Waals surface area contributed by atoms with Gasteiger partial charge in [0.25, 0.3) is 0 Å². The van der Waals surface area contributed by atoms with Crippen molar-refractivity contribution in [3.63, 3.8) is 0 Å². The molecule has 2 saturated heterocycles. The van der Waals surface area contributed by atoms with Crippen LogP contribution in [0.15, 0.2) is 58.3 Å². The predicted molar refractivity (Wildman–Crippen MR) is 155 cm³/mol. The number of nitrogens with zero attached hydrogens (tertiary/aromatic N) is 3. The lowest BCUT2D eigenvalue weighted by atomic mass is 9.95. The van der Waals surface area contributed by atoms with Crippen molar-refractivity contribution < 1.29 is 39.9 Å². The van der Waals surface area contributed by atoms with Gasteiger partial charge in [-0.25, -0.2) is 21.6 Å². The number of alkyl halides is 3. The molecule has 4 rings (SSSR count). The summed E-state index contributed by atoms with van der Waals surface area (Å²) in [5.74, 6) is 0. The monoisotopic (exact) mass is 652 g/mol. The van der Waals surface area contributed by atoms with Crippen molar-refractivity contribution in [1.82, 2.24) is 13.9 Å². The molecule has 2 heterocycles. The van der Waals surface area contributed by atoms with Crippen LogP contribution in [0, 0.1) is 0 Å². The number of piperazine rings is 1. The van der Waals surface area contributed by atoms with Crippen LogP contribution in [0.1, 0.15) is 12.5 Å². The van der Waals surface area contributed by atoms with Gasteiger partial charge in [0.1, 0.15) is 0 Å². The first-order valence-corrected chi connectivity index (χ1v) is 17.0. The fourth-order valence-corrected chi connectivity index (χ4v) is 7.69. The van der Waals surface area contributed by atoms with Gasteiger partial charge in [-0.2, -0.15) is 17.5 Å². The maximum absolute atomic E-state index is 13.6. The molecular formula is C26H35F3N4O6S3. The maximum atomic E-state index is 13.6. The number of halogens is 3. The van der Waals surface area contributed by atoms with E-state index in [4.69, 9.17) is 4.74 Å². The van der Waals surface area contributed by atoms with E-state index in [9.17, 15) is 35.1 Å². The molecule has 42 heavy (non-hydrogen) atoms. The van der Waals surface area contributed by atoms with E-state index in [0.717, 1.165) is 6.26 Å². The number of sulfonamides is 2. The van der Waals surface area contributed by atoms with Crippen LogP contribution in [-0.2, 0) is 30.4 Å². The first kappa shape index (κ1) is 33.0. The van der Waals surface area contributed by atoms with E-state index in [-0.39, 0.29) is 49.3 Å². The second-order valence-electron chi connectivity index (χ2n) is 10.6. The molecule has 2 aliphatic rings. The maximum Gasteiger partial charge on any atom is 0.421 e. The molecule has 16 heteroatoms. The van der Waals surface area contributed by atoms with Gasteiger partial charge in [-0.05, 0) is 36.8 Å². The normalized spacial score (nSPS) is 23.1. The van der Waals surface area contributed by atoms with Gasteiger partial charge in [-0.3, -0.25) is 4.90 Å². The molecule has 2 N–H and O–H groups in total. The quantitative estimate of drug-likeness (QED) is 0.352. The molecule has 2 aromatic carbocycles. The minimum absolute atomic E-state index is 0.0655. The topological polar surface area (TPSA) is 119 Å². The Bertz CT molecular complexity index is 1460. The van der Waals surface area contributed by atoms with Crippen LogP contribution in [0.5, 0.6) is 0 Å². The molecule has 0 aliphatic carbocycles. The van der Waals surface area contributed by atoms with Crippen LogP contribution >= 0.6 is 12.6 Å². The molecule has 234 valence electrons. The Labute approximate surface area is 249 Å². The number of morpholine rings is 1. The van der Waals surface area contributed by atoms with Crippen molar-refractivity contribution >= 4 is 38.4 Å². The van der Waals surface area contributed by atoms with Crippen molar-refractivity contribution in [2.75, 3.05) is 63.6 Å². The molecule has 2 fully saturated rings. The van der Waals surface area contributed by atoms with Crippen molar-refractivity contribution in [3.05, 3.63) is 54.1 Å². The lowest BCUT2D eigenvalue weighted by Gasteiger charge is -2.46. The Morgan fingerprint density at radius 1 is 1.02 bits per heavy atom. The Balaban J connectivity index is 1.64. The van der Waals surface area contributed by atoms with Gasteiger partial charge in [0.15, 0.2) is 5.60 Å². The molecule has 0 bridgehead atoms. The summed E-state index contributed by atoms with van der Waals surface area (Å²) in [7, 11) is -7.38. The number of hydrogen-bond donors (Lipinski definition) is 3. The third kappa shape index (κ3) is 7.41. The molecule has 0 spiro atoms. The molecule has 10 nitrogen and oxygen atoms in total. The molecular weight excluding hydrogens is 618 g/mol. The third-order valence-corrected chi connectivity index (χ3v) is 10.8. The van der Waals surface area contributed by atoms with Crippen molar-refractivity contribution in [2.45, 2.75) is 40.6 Å². The Kier molecular flexibility index (Phi) is 9.89. The zero-order valence-corrected chi connectivity index (χ0v) is 25.7. The summed E-state index contributed by atoms with van der Waals surface area (Å²) in [5.41, 5.74) is -2.79. The number of rotatable bonds is 9. The summed E-state index contributed by atoms with van der Waals surface area (Å²) in [6.07, 6.45) is -3.81. The van der Waals surface area contributed by atoms with Crippen LogP contribution in [-0.4, -0.2) is 108 Å². The van der Waals surface area contributed by atoms with Gasteiger partial charge >= 0.3 is 6.18 Å². The van der Waals surface area contributed by atoms with E-state index < -0.39 is 37.9 Å². The smallest absolute Gasteiger partial charge is 0.378 e. The van der Waals surface area contributed by atoms with Gasteiger partial charge in [-0.15, -0.1) is 12.6 Å². The van der Waals surface area contributed by atoms with Gasteiger partial charge in [0.05, 0.1) is 30.4 Å². The van der Waals surface area contributed by atoms with Crippen LogP contribution < -0.4 is 9.62 Å². The molecule has 0 saturated carbocycles. The number of nitrogens with one attached hydrogen (secondary N) is 1. The zero-order valence-electron chi connectivity index (χ0n) is 23.2. The van der Waals surface area contributed by atoms with Crippen molar-refractivity contribution in [1.29, 1.82) is 0 Å². The average molecular weight is 653 g/mol. The highest BCUT2D eigenvalue weighted by atomic mass is 32.2. The summed E-state index contributed by atoms with van der Waals surface area (Å²) in [4.78, 5) is 4.34. The molecule has 0 amide bonds. The fraction of sp³-hybridized carbons (Fsp3) is 0.538. The van der Waals surface area contributed by atoms with Crippen LogP contribution in [0.2, 0.25) is 0 Å². The SMILES string of the molecule is C[C@](O)(c1ccc(N2CCN(S(=O)(=O)c3ccccc3S)C[C@@H]2CN2CCOC[C@@H]2CNS(C)(=O)=O)cc1)C(F)(F)F. The fourth-order valence-electron chi connectivity index (χ4n) is 5.13. The minimum atomic E-state index is -4.87. The van der Waals surface area contributed by atoms with Gasteiger partial charge in [-0.1, -0.05) is 24.3 Å². The lowest BCUT2D eigenvalue weighted by molar-refractivity contribution is -0.258.